The Balaban J connectivity index is 1.93. The van der Waals surface area contributed by atoms with Gasteiger partial charge in [0.25, 0.3) is 0 Å². The largest absolute Gasteiger partial charge is 0.332 e. The van der Waals surface area contributed by atoms with E-state index in [1.54, 1.807) is 11.8 Å². The molecule has 1 aliphatic heterocycles. The van der Waals surface area contributed by atoms with E-state index in [1.807, 2.05) is 30.3 Å². The number of hydrogen-bond acceptors (Lipinski definition) is 2. The van der Waals surface area contributed by atoms with Crippen LogP contribution in [0.3, 0.4) is 0 Å². The highest BCUT2D eigenvalue weighted by Gasteiger charge is 2.37. The fraction of sp³-hybridized carbons (Fsp3) is 0.238. The first kappa shape index (κ1) is 17.3. The molecule has 5 heteroatoms. The lowest BCUT2D eigenvalue weighted by atomic mass is 9.90. The molecule has 2 aliphatic rings. The SMILES string of the molecule is CC(=O)N1C(=S)NC2=C(CCCc3ccccc32)C1c1ccc(Cl)cc1. The third-order valence-corrected chi connectivity index (χ3v) is 5.61. The van der Waals surface area contributed by atoms with Gasteiger partial charge < -0.3 is 5.32 Å². The maximum Gasteiger partial charge on any atom is 0.226 e. The van der Waals surface area contributed by atoms with E-state index >= 15 is 0 Å². The number of carbonyl (C=O) groups excluding carboxylic acids is 1. The molecule has 0 fully saturated rings. The van der Waals surface area contributed by atoms with Crippen LogP contribution in [0.15, 0.2) is 54.1 Å². The number of halogens is 1. The van der Waals surface area contributed by atoms with Crippen LogP contribution in [0.5, 0.6) is 0 Å². The molecular weight excluding hydrogens is 364 g/mol. The molecule has 26 heavy (non-hydrogen) atoms. The maximum atomic E-state index is 12.4. The van der Waals surface area contributed by atoms with Crippen LogP contribution < -0.4 is 5.32 Å². The van der Waals surface area contributed by atoms with Gasteiger partial charge >= 0.3 is 0 Å². The minimum atomic E-state index is -0.195. The predicted octanol–water partition coefficient (Wildman–Crippen LogP) is 4.87. The average molecular weight is 383 g/mol. The number of thiocarbonyl (C=S) groups is 1. The van der Waals surface area contributed by atoms with E-state index in [9.17, 15) is 4.79 Å². The highest BCUT2D eigenvalue weighted by molar-refractivity contribution is 7.80. The molecule has 1 unspecified atom stereocenters. The minimum Gasteiger partial charge on any atom is -0.332 e. The lowest BCUT2D eigenvalue weighted by Crippen LogP contribution is -2.49. The van der Waals surface area contributed by atoms with Gasteiger partial charge in [0.05, 0.1) is 6.04 Å². The summed E-state index contributed by atoms with van der Waals surface area (Å²) in [6, 6.07) is 15.9. The minimum absolute atomic E-state index is 0.0634. The van der Waals surface area contributed by atoms with Crippen LogP contribution >= 0.6 is 23.8 Å². The molecule has 1 amide bonds. The first-order chi connectivity index (χ1) is 12.6. The number of hydrogen-bond donors (Lipinski definition) is 1. The Labute approximate surface area is 163 Å². The van der Waals surface area contributed by atoms with Crippen molar-refractivity contribution in [2.45, 2.75) is 32.2 Å². The van der Waals surface area contributed by atoms with Gasteiger partial charge in [0, 0.05) is 23.2 Å². The molecule has 1 heterocycles. The summed E-state index contributed by atoms with van der Waals surface area (Å²) in [5.41, 5.74) is 5.80. The third kappa shape index (κ3) is 2.93. The molecule has 1 atom stereocenters. The van der Waals surface area contributed by atoms with Gasteiger partial charge in [0.15, 0.2) is 5.11 Å². The zero-order valence-corrected chi connectivity index (χ0v) is 16.0. The topological polar surface area (TPSA) is 32.3 Å². The van der Waals surface area contributed by atoms with Crippen molar-refractivity contribution < 1.29 is 4.79 Å². The van der Waals surface area contributed by atoms with Crippen molar-refractivity contribution in [2.24, 2.45) is 0 Å². The zero-order chi connectivity index (χ0) is 18.3. The Hall–Kier alpha value is -2.17. The summed E-state index contributed by atoms with van der Waals surface area (Å²) in [6.45, 7) is 1.56. The van der Waals surface area contributed by atoms with E-state index < -0.39 is 0 Å². The molecular formula is C21H19ClN2OS. The summed E-state index contributed by atoms with van der Waals surface area (Å²) in [5, 5.41) is 4.48. The number of carbonyl (C=O) groups is 1. The first-order valence-corrected chi connectivity index (χ1v) is 9.52. The molecule has 1 aliphatic carbocycles. The Morgan fingerprint density at radius 2 is 1.88 bits per heavy atom. The van der Waals surface area contributed by atoms with Gasteiger partial charge in [-0.15, -0.1) is 0 Å². The van der Waals surface area contributed by atoms with E-state index in [2.05, 4.69) is 23.5 Å². The van der Waals surface area contributed by atoms with Crippen molar-refractivity contribution in [1.82, 2.24) is 10.2 Å². The molecule has 132 valence electrons. The Kier molecular flexibility index (Phi) is 4.55. The van der Waals surface area contributed by atoms with Crippen LogP contribution in [0, 0.1) is 0 Å². The Morgan fingerprint density at radius 1 is 1.15 bits per heavy atom. The summed E-state index contributed by atoms with van der Waals surface area (Å²) < 4.78 is 0. The summed E-state index contributed by atoms with van der Waals surface area (Å²) in [6.07, 6.45) is 2.97. The van der Waals surface area contributed by atoms with Gasteiger partial charge in [0.2, 0.25) is 5.91 Å². The van der Waals surface area contributed by atoms with Crippen LogP contribution in [0.25, 0.3) is 5.70 Å². The van der Waals surface area contributed by atoms with Crippen molar-refractivity contribution in [3.8, 4) is 0 Å². The summed E-state index contributed by atoms with van der Waals surface area (Å²) in [5.74, 6) is -0.0634. The number of aryl methyl sites for hydroxylation is 1. The highest BCUT2D eigenvalue weighted by Crippen LogP contribution is 2.42. The van der Waals surface area contributed by atoms with Crippen LogP contribution in [0.4, 0.5) is 0 Å². The number of benzene rings is 2. The van der Waals surface area contributed by atoms with E-state index in [1.165, 1.54) is 16.7 Å². The number of nitrogens with one attached hydrogen (secondary N) is 1. The summed E-state index contributed by atoms with van der Waals surface area (Å²) >= 11 is 11.7. The van der Waals surface area contributed by atoms with Gasteiger partial charge in [-0.2, -0.15) is 0 Å². The van der Waals surface area contributed by atoms with Gasteiger partial charge in [0.1, 0.15) is 0 Å². The molecule has 1 N–H and O–H groups in total. The molecule has 0 saturated heterocycles. The summed E-state index contributed by atoms with van der Waals surface area (Å²) in [7, 11) is 0. The van der Waals surface area contributed by atoms with Crippen molar-refractivity contribution in [3.63, 3.8) is 0 Å². The molecule has 0 saturated carbocycles. The standard InChI is InChI=1S/C21H19ClN2OS/c1-13(25)24-20(15-9-11-16(22)12-10-15)18-8-4-6-14-5-2-3-7-17(14)19(18)23-21(24)26/h2-3,5,7,9-12,20H,4,6,8H2,1H3,(H,23,26). The fourth-order valence-electron chi connectivity index (χ4n) is 3.93. The highest BCUT2D eigenvalue weighted by atomic mass is 35.5. The van der Waals surface area contributed by atoms with Gasteiger partial charge in [-0.3, -0.25) is 9.69 Å². The third-order valence-electron chi connectivity index (χ3n) is 5.06. The Morgan fingerprint density at radius 3 is 2.62 bits per heavy atom. The fourth-order valence-corrected chi connectivity index (χ4v) is 4.39. The second kappa shape index (κ2) is 6.86. The molecule has 0 bridgehead atoms. The van der Waals surface area contributed by atoms with Crippen molar-refractivity contribution >= 4 is 40.5 Å². The number of fused-ring (bicyclic) bond motifs is 2. The summed E-state index contributed by atoms with van der Waals surface area (Å²) in [4.78, 5) is 14.1. The Bertz CT molecular complexity index is 920. The zero-order valence-electron chi connectivity index (χ0n) is 14.5. The van der Waals surface area contributed by atoms with E-state index in [0.717, 1.165) is 30.5 Å². The predicted molar refractivity (Wildman–Crippen MR) is 109 cm³/mol. The number of amides is 1. The van der Waals surface area contributed by atoms with Gasteiger partial charge in [-0.25, -0.2) is 0 Å². The molecule has 0 radical (unpaired) electrons. The lowest BCUT2D eigenvalue weighted by molar-refractivity contribution is -0.126. The van der Waals surface area contributed by atoms with Gasteiger partial charge in [-0.05, 0) is 60.3 Å². The molecule has 2 aromatic rings. The van der Waals surface area contributed by atoms with E-state index in [4.69, 9.17) is 23.8 Å². The monoisotopic (exact) mass is 382 g/mol. The molecule has 0 aromatic heterocycles. The van der Waals surface area contributed by atoms with Crippen molar-refractivity contribution in [2.75, 3.05) is 0 Å². The smallest absolute Gasteiger partial charge is 0.226 e. The van der Waals surface area contributed by atoms with Crippen molar-refractivity contribution in [3.05, 3.63) is 75.8 Å². The van der Waals surface area contributed by atoms with E-state index in [-0.39, 0.29) is 11.9 Å². The van der Waals surface area contributed by atoms with Crippen molar-refractivity contribution in [1.29, 1.82) is 0 Å². The molecule has 2 aromatic carbocycles. The van der Waals surface area contributed by atoms with Gasteiger partial charge in [-0.1, -0.05) is 48.0 Å². The second-order valence-electron chi connectivity index (χ2n) is 6.68. The second-order valence-corrected chi connectivity index (χ2v) is 7.51. The van der Waals surface area contributed by atoms with Crippen LogP contribution in [-0.4, -0.2) is 15.9 Å². The normalized spacial score (nSPS) is 19.4. The van der Waals surface area contributed by atoms with Crippen LogP contribution in [0.1, 0.15) is 42.5 Å². The quantitative estimate of drug-likeness (QED) is 0.714. The molecule has 4 rings (SSSR count). The number of rotatable bonds is 1. The molecule has 0 spiro atoms. The first-order valence-electron chi connectivity index (χ1n) is 8.74. The average Bonchev–Trinajstić information content (AvgIpc) is 2.80. The van der Waals surface area contributed by atoms with Crippen LogP contribution in [-0.2, 0) is 11.2 Å². The van der Waals surface area contributed by atoms with Crippen LogP contribution in [0.2, 0.25) is 5.02 Å². The molecule has 3 nitrogen and oxygen atoms in total. The maximum absolute atomic E-state index is 12.4. The van der Waals surface area contributed by atoms with E-state index in [0.29, 0.717) is 10.1 Å². The number of nitrogens with zero attached hydrogens (tertiary/aromatic N) is 1. The lowest BCUT2D eigenvalue weighted by Gasteiger charge is -2.39.